The van der Waals surface area contributed by atoms with E-state index in [-0.39, 0.29) is 17.3 Å². The van der Waals surface area contributed by atoms with Gasteiger partial charge in [0.2, 0.25) is 0 Å². The van der Waals surface area contributed by atoms with Gasteiger partial charge in [-0.25, -0.2) is 9.18 Å². The van der Waals surface area contributed by atoms with Crippen LogP contribution in [0, 0.1) is 5.82 Å². The minimum atomic E-state index is -0.256. The minimum absolute atomic E-state index is 0.0923. The Hall–Kier alpha value is -2.08. The molecule has 2 amide bonds. The van der Waals surface area contributed by atoms with E-state index >= 15 is 0 Å². The number of carbonyl (C=O) groups excluding carboxylic acids is 1. The van der Waals surface area contributed by atoms with Crippen LogP contribution in [0.3, 0.4) is 0 Å². The first kappa shape index (κ1) is 22.2. The van der Waals surface area contributed by atoms with Crippen molar-refractivity contribution in [3.8, 4) is 5.75 Å². The molecule has 0 fully saturated rings. The molecule has 2 aromatic carbocycles. The Kier molecular flexibility index (Phi) is 8.30. The zero-order chi connectivity index (χ0) is 20.6. The summed E-state index contributed by atoms with van der Waals surface area (Å²) >= 11 is 3.56. The van der Waals surface area contributed by atoms with Gasteiger partial charge in [0, 0.05) is 13.1 Å². The van der Waals surface area contributed by atoms with Gasteiger partial charge in [0.25, 0.3) is 0 Å². The number of hydrogen-bond donors (Lipinski definition) is 2. The predicted octanol–water partition coefficient (Wildman–Crippen LogP) is 5.20. The number of halogens is 2. The largest absolute Gasteiger partial charge is 0.492 e. The fourth-order valence-electron chi connectivity index (χ4n) is 2.57. The first-order chi connectivity index (χ1) is 13.3. The van der Waals surface area contributed by atoms with Crippen molar-refractivity contribution in [1.29, 1.82) is 0 Å². The van der Waals surface area contributed by atoms with Crippen LogP contribution >= 0.6 is 15.9 Å². The Morgan fingerprint density at radius 1 is 1.07 bits per heavy atom. The van der Waals surface area contributed by atoms with Crippen LogP contribution in [0.15, 0.2) is 46.9 Å². The van der Waals surface area contributed by atoms with Gasteiger partial charge >= 0.3 is 6.03 Å². The number of urea groups is 1. The second kappa shape index (κ2) is 10.5. The topological polar surface area (TPSA) is 50.4 Å². The first-order valence-corrected chi connectivity index (χ1v) is 10.2. The number of ether oxygens (including phenoxy) is 1. The Balaban J connectivity index is 1.61. The summed E-state index contributed by atoms with van der Waals surface area (Å²) < 4.78 is 19.6. The summed E-state index contributed by atoms with van der Waals surface area (Å²) in [5.41, 5.74) is 2.32. The van der Waals surface area contributed by atoms with Gasteiger partial charge in [0.05, 0.1) is 11.1 Å². The molecule has 2 N–H and O–H groups in total. The second-order valence-electron chi connectivity index (χ2n) is 7.66. The van der Waals surface area contributed by atoms with Crippen molar-refractivity contribution in [2.45, 2.75) is 39.0 Å². The van der Waals surface area contributed by atoms with Crippen molar-refractivity contribution in [3.05, 3.63) is 63.9 Å². The lowest BCUT2D eigenvalue weighted by atomic mass is 9.87. The molecule has 0 saturated carbocycles. The number of amides is 2. The van der Waals surface area contributed by atoms with E-state index in [9.17, 15) is 9.18 Å². The number of rotatable bonds is 8. The van der Waals surface area contributed by atoms with Crippen LogP contribution in [-0.2, 0) is 11.8 Å². The Labute approximate surface area is 175 Å². The normalized spacial score (nSPS) is 11.2. The Bertz CT molecular complexity index is 773. The quantitative estimate of drug-likeness (QED) is 0.543. The molecule has 152 valence electrons. The van der Waals surface area contributed by atoms with Crippen LogP contribution in [0.2, 0.25) is 0 Å². The lowest BCUT2D eigenvalue weighted by Gasteiger charge is -2.20. The summed E-state index contributed by atoms with van der Waals surface area (Å²) in [6.45, 7) is 8.06. The van der Waals surface area contributed by atoms with E-state index in [4.69, 9.17) is 4.74 Å². The average molecular weight is 451 g/mol. The van der Waals surface area contributed by atoms with E-state index in [1.54, 1.807) is 12.1 Å². The molecule has 0 atom stereocenters. The third-order valence-corrected chi connectivity index (χ3v) is 4.89. The summed E-state index contributed by atoms with van der Waals surface area (Å²) in [6, 6.07) is 12.2. The maximum absolute atomic E-state index is 12.8. The molecule has 2 rings (SSSR count). The molecule has 0 radical (unpaired) electrons. The molecule has 6 heteroatoms. The highest BCUT2D eigenvalue weighted by Crippen LogP contribution is 2.31. The summed E-state index contributed by atoms with van der Waals surface area (Å²) in [6.07, 6.45) is 1.37. The van der Waals surface area contributed by atoms with E-state index in [1.807, 2.05) is 6.07 Å². The molecule has 0 aliphatic rings. The van der Waals surface area contributed by atoms with E-state index < -0.39 is 0 Å². The van der Waals surface area contributed by atoms with Gasteiger partial charge < -0.3 is 15.4 Å². The van der Waals surface area contributed by atoms with Gasteiger partial charge in [-0.1, -0.05) is 39.0 Å². The van der Waals surface area contributed by atoms with Crippen molar-refractivity contribution in [1.82, 2.24) is 10.6 Å². The number of nitrogens with one attached hydrogen (secondary N) is 2. The Morgan fingerprint density at radius 3 is 2.39 bits per heavy atom. The fraction of sp³-hybridized carbons (Fsp3) is 0.409. The molecule has 0 saturated heterocycles. The van der Waals surface area contributed by atoms with E-state index in [2.05, 4.69) is 59.5 Å². The Morgan fingerprint density at radius 2 is 1.75 bits per heavy atom. The molecule has 4 nitrogen and oxygen atoms in total. The van der Waals surface area contributed by atoms with E-state index in [0.29, 0.717) is 32.5 Å². The molecule has 0 aromatic heterocycles. The zero-order valence-electron chi connectivity index (χ0n) is 16.6. The molecule has 0 unspecified atom stereocenters. The number of hydrogen-bond acceptors (Lipinski definition) is 2. The standard InChI is InChI=1S/C22H28BrFN2O2/c1-22(2,3)17-7-10-20(19(23)15-17)28-14-4-12-25-21(27)26-13-11-16-5-8-18(24)9-6-16/h5-10,15H,4,11-14H2,1-3H3,(H2,25,26,27). The first-order valence-electron chi connectivity index (χ1n) is 9.44. The average Bonchev–Trinajstić information content (AvgIpc) is 2.63. The molecule has 28 heavy (non-hydrogen) atoms. The molecular weight excluding hydrogens is 423 g/mol. The summed E-state index contributed by atoms with van der Waals surface area (Å²) in [7, 11) is 0. The van der Waals surface area contributed by atoms with E-state index in [0.717, 1.165) is 15.8 Å². The lowest BCUT2D eigenvalue weighted by Crippen LogP contribution is -2.37. The van der Waals surface area contributed by atoms with Gasteiger partial charge in [0.15, 0.2) is 0 Å². The monoisotopic (exact) mass is 450 g/mol. The molecule has 0 spiro atoms. The highest BCUT2D eigenvalue weighted by molar-refractivity contribution is 9.10. The van der Waals surface area contributed by atoms with Crippen LogP contribution in [0.25, 0.3) is 0 Å². The summed E-state index contributed by atoms with van der Waals surface area (Å²) in [5, 5.41) is 5.60. The third-order valence-electron chi connectivity index (χ3n) is 4.27. The van der Waals surface area contributed by atoms with Crippen LogP contribution in [0.1, 0.15) is 38.3 Å². The second-order valence-corrected chi connectivity index (χ2v) is 8.51. The SMILES string of the molecule is CC(C)(C)c1ccc(OCCCNC(=O)NCCc2ccc(F)cc2)c(Br)c1. The maximum Gasteiger partial charge on any atom is 0.314 e. The highest BCUT2D eigenvalue weighted by Gasteiger charge is 2.15. The van der Waals surface area contributed by atoms with Gasteiger partial charge in [0.1, 0.15) is 11.6 Å². The fourth-order valence-corrected chi connectivity index (χ4v) is 3.07. The van der Waals surface area contributed by atoms with E-state index in [1.165, 1.54) is 17.7 Å². The van der Waals surface area contributed by atoms with Gasteiger partial charge in [-0.3, -0.25) is 0 Å². The van der Waals surface area contributed by atoms with Crippen molar-refractivity contribution >= 4 is 22.0 Å². The highest BCUT2D eigenvalue weighted by atomic mass is 79.9. The third kappa shape index (κ3) is 7.50. The van der Waals surface area contributed by atoms with Crippen LogP contribution in [0.5, 0.6) is 5.75 Å². The van der Waals surface area contributed by atoms with Crippen molar-refractivity contribution < 1.29 is 13.9 Å². The predicted molar refractivity (Wildman–Crippen MR) is 114 cm³/mol. The van der Waals surface area contributed by atoms with Crippen molar-refractivity contribution in [2.75, 3.05) is 19.7 Å². The molecule has 0 aliphatic heterocycles. The van der Waals surface area contributed by atoms with Crippen molar-refractivity contribution in [2.24, 2.45) is 0 Å². The minimum Gasteiger partial charge on any atom is -0.492 e. The van der Waals surface area contributed by atoms with Crippen molar-refractivity contribution in [3.63, 3.8) is 0 Å². The van der Waals surface area contributed by atoms with Crippen LogP contribution in [0.4, 0.5) is 9.18 Å². The smallest absolute Gasteiger partial charge is 0.314 e. The zero-order valence-corrected chi connectivity index (χ0v) is 18.2. The summed E-state index contributed by atoms with van der Waals surface area (Å²) in [4.78, 5) is 11.8. The molecule has 0 heterocycles. The van der Waals surface area contributed by atoms with Gasteiger partial charge in [-0.2, -0.15) is 0 Å². The van der Waals surface area contributed by atoms with Crippen LogP contribution < -0.4 is 15.4 Å². The lowest BCUT2D eigenvalue weighted by molar-refractivity contribution is 0.239. The molecule has 0 aliphatic carbocycles. The maximum atomic E-state index is 12.8. The summed E-state index contributed by atoms with van der Waals surface area (Å²) in [5.74, 6) is 0.547. The molecular formula is C22H28BrFN2O2. The molecule has 0 bridgehead atoms. The van der Waals surface area contributed by atoms with Gasteiger partial charge in [-0.05, 0) is 69.6 Å². The number of benzene rings is 2. The van der Waals surface area contributed by atoms with Crippen LogP contribution in [-0.4, -0.2) is 25.7 Å². The van der Waals surface area contributed by atoms with Gasteiger partial charge in [-0.15, -0.1) is 0 Å². The number of carbonyl (C=O) groups is 1. The molecule has 2 aromatic rings.